The minimum atomic E-state index is 0.403. The van der Waals surface area contributed by atoms with Gasteiger partial charge in [-0.25, -0.2) is 4.98 Å². The van der Waals surface area contributed by atoms with Crippen LogP contribution >= 0.6 is 11.3 Å². The second-order valence-corrected chi connectivity index (χ2v) is 5.00. The van der Waals surface area contributed by atoms with Gasteiger partial charge in [0, 0.05) is 10.9 Å². The van der Waals surface area contributed by atoms with Crippen molar-refractivity contribution in [3.8, 4) is 11.5 Å². The molecule has 1 N–H and O–H groups in total. The van der Waals surface area contributed by atoms with Crippen molar-refractivity contribution in [2.24, 2.45) is 5.10 Å². The lowest BCUT2D eigenvalue weighted by Gasteiger charge is -2.11. The molecule has 0 aliphatic rings. The molecule has 0 atom stereocenters. The van der Waals surface area contributed by atoms with Crippen LogP contribution in [0.5, 0.6) is 11.5 Å². The Kier molecular flexibility index (Phi) is 5.34. The van der Waals surface area contributed by atoms with E-state index in [-0.39, 0.29) is 0 Å². The fraction of sp³-hybridized carbons (Fsp3) is 0.200. The molecule has 0 amide bonds. The van der Waals surface area contributed by atoms with E-state index in [1.165, 1.54) is 11.3 Å². The molecule has 6 heteroatoms. The van der Waals surface area contributed by atoms with Crippen molar-refractivity contribution in [2.45, 2.75) is 6.92 Å². The lowest BCUT2D eigenvalue weighted by Crippen LogP contribution is -2.00. The average molecular weight is 303 g/mol. The first-order valence-electron chi connectivity index (χ1n) is 6.36. The standard InChI is InChI=1S/C15H17N3O2S/c1-4-8-20-14-12(6-5-7-13(14)19-3)9-16-18-15-17-11(2)10-21-15/h4-7,9-10H,1,8H2,2-3H3,(H,17,18). The van der Waals surface area contributed by atoms with E-state index < -0.39 is 0 Å². The molecule has 0 saturated heterocycles. The maximum atomic E-state index is 5.64. The van der Waals surface area contributed by atoms with Gasteiger partial charge in [-0.2, -0.15) is 5.10 Å². The van der Waals surface area contributed by atoms with Crippen LogP contribution in [-0.4, -0.2) is 24.9 Å². The van der Waals surface area contributed by atoms with Crippen LogP contribution in [0.2, 0.25) is 0 Å². The van der Waals surface area contributed by atoms with Gasteiger partial charge in [0.2, 0.25) is 5.13 Å². The van der Waals surface area contributed by atoms with Crippen molar-refractivity contribution in [3.05, 3.63) is 47.5 Å². The highest BCUT2D eigenvalue weighted by molar-refractivity contribution is 7.13. The number of thiazole rings is 1. The molecule has 21 heavy (non-hydrogen) atoms. The van der Waals surface area contributed by atoms with E-state index in [1.54, 1.807) is 19.4 Å². The number of nitrogens with zero attached hydrogens (tertiary/aromatic N) is 2. The highest BCUT2D eigenvalue weighted by atomic mass is 32.1. The summed E-state index contributed by atoms with van der Waals surface area (Å²) in [6.45, 7) is 5.99. The number of aryl methyl sites for hydroxylation is 1. The van der Waals surface area contributed by atoms with Crippen LogP contribution in [0.25, 0.3) is 0 Å². The number of hydrazone groups is 1. The Morgan fingerprint density at radius 3 is 3.00 bits per heavy atom. The number of hydrogen-bond donors (Lipinski definition) is 1. The van der Waals surface area contributed by atoms with Crippen LogP contribution in [0.4, 0.5) is 5.13 Å². The average Bonchev–Trinajstić information content (AvgIpc) is 2.91. The van der Waals surface area contributed by atoms with Crippen molar-refractivity contribution in [2.75, 3.05) is 19.1 Å². The Hall–Kier alpha value is -2.34. The van der Waals surface area contributed by atoms with Gasteiger partial charge in [-0.15, -0.1) is 11.3 Å². The van der Waals surface area contributed by atoms with E-state index in [9.17, 15) is 0 Å². The highest BCUT2D eigenvalue weighted by Gasteiger charge is 2.08. The lowest BCUT2D eigenvalue weighted by molar-refractivity contribution is 0.326. The lowest BCUT2D eigenvalue weighted by atomic mass is 10.2. The molecule has 5 nitrogen and oxygen atoms in total. The van der Waals surface area contributed by atoms with Gasteiger partial charge >= 0.3 is 0 Å². The van der Waals surface area contributed by atoms with Crippen molar-refractivity contribution in [1.82, 2.24) is 4.98 Å². The van der Waals surface area contributed by atoms with Crippen LogP contribution in [-0.2, 0) is 0 Å². The van der Waals surface area contributed by atoms with Crippen LogP contribution in [0, 0.1) is 6.92 Å². The summed E-state index contributed by atoms with van der Waals surface area (Å²) in [6.07, 6.45) is 3.36. The van der Waals surface area contributed by atoms with E-state index in [0.29, 0.717) is 18.1 Å². The van der Waals surface area contributed by atoms with E-state index >= 15 is 0 Å². The smallest absolute Gasteiger partial charge is 0.203 e. The first-order valence-corrected chi connectivity index (χ1v) is 7.24. The van der Waals surface area contributed by atoms with E-state index in [0.717, 1.165) is 16.4 Å². The van der Waals surface area contributed by atoms with Gasteiger partial charge in [-0.05, 0) is 19.1 Å². The molecule has 0 spiro atoms. The van der Waals surface area contributed by atoms with Crippen molar-refractivity contribution < 1.29 is 9.47 Å². The monoisotopic (exact) mass is 303 g/mol. The molecule has 1 heterocycles. The topological polar surface area (TPSA) is 55.7 Å². The van der Waals surface area contributed by atoms with Crippen LogP contribution in [0.3, 0.4) is 0 Å². The molecule has 2 aromatic rings. The summed E-state index contributed by atoms with van der Waals surface area (Å²) in [5.74, 6) is 1.30. The van der Waals surface area contributed by atoms with Gasteiger partial charge < -0.3 is 9.47 Å². The Balaban J connectivity index is 2.15. The van der Waals surface area contributed by atoms with E-state index in [4.69, 9.17) is 9.47 Å². The van der Waals surface area contributed by atoms with Crippen LogP contribution < -0.4 is 14.9 Å². The Morgan fingerprint density at radius 1 is 1.48 bits per heavy atom. The van der Waals surface area contributed by atoms with E-state index in [2.05, 4.69) is 22.1 Å². The molecule has 0 saturated carbocycles. The Labute approximate surface area is 127 Å². The molecule has 0 aliphatic heterocycles. The minimum absolute atomic E-state index is 0.403. The van der Waals surface area contributed by atoms with Crippen LogP contribution in [0.15, 0.2) is 41.3 Å². The first kappa shape index (κ1) is 15.1. The molecule has 0 unspecified atom stereocenters. The maximum Gasteiger partial charge on any atom is 0.203 e. The number of hydrogen-bond acceptors (Lipinski definition) is 6. The predicted molar refractivity (Wildman–Crippen MR) is 86.8 cm³/mol. The van der Waals surface area contributed by atoms with Gasteiger partial charge in [0.25, 0.3) is 0 Å². The zero-order chi connectivity index (χ0) is 15.1. The molecule has 0 bridgehead atoms. The van der Waals surface area contributed by atoms with Crippen molar-refractivity contribution in [1.29, 1.82) is 0 Å². The third-order valence-electron chi connectivity index (χ3n) is 2.56. The van der Waals surface area contributed by atoms with Gasteiger partial charge in [-0.1, -0.05) is 18.7 Å². The number of benzene rings is 1. The second-order valence-electron chi connectivity index (χ2n) is 4.14. The third kappa shape index (κ3) is 4.06. The molecule has 1 aromatic carbocycles. The highest BCUT2D eigenvalue weighted by Crippen LogP contribution is 2.30. The molecule has 110 valence electrons. The molecular weight excluding hydrogens is 286 g/mol. The van der Waals surface area contributed by atoms with Crippen molar-refractivity contribution >= 4 is 22.7 Å². The summed E-state index contributed by atoms with van der Waals surface area (Å²) < 4.78 is 10.9. The summed E-state index contributed by atoms with van der Waals surface area (Å²) in [5, 5.41) is 6.89. The molecule has 0 radical (unpaired) electrons. The Bertz CT molecular complexity index is 638. The zero-order valence-electron chi connectivity index (χ0n) is 12.0. The fourth-order valence-electron chi connectivity index (χ4n) is 1.65. The number of anilines is 1. The zero-order valence-corrected chi connectivity index (χ0v) is 12.8. The first-order chi connectivity index (χ1) is 10.2. The quantitative estimate of drug-likeness (QED) is 0.483. The van der Waals surface area contributed by atoms with Gasteiger partial charge in [0.1, 0.15) is 6.61 Å². The SMILES string of the molecule is C=CCOc1c(C=NNc2nc(C)cs2)cccc1OC. The fourth-order valence-corrected chi connectivity index (χ4v) is 2.29. The Morgan fingerprint density at radius 2 is 2.33 bits per heavy atom. The maximum absolute atomic E-state index is 5.64. The normalized spacial score (nSPS) is 10.6. The van der Waals surface area contributed by atoms with Crippen molar-refractivity contribution in [3.63, 3.8) is 0 Å². The summed E-state index contributed by atoms with van der Waals surface area (Å²) >= 11 is 1.51. The molecule has 0 aliphatic carbocycles. The number of rotatable bonds is 7. The van der Waals surface area contributed by atoms with E-state index in [1.807, 2.05) is 30.5 Å². The molecule has 2 rings (SSSR count). The summed E-state index contributed by atoms with van der Waals surface area (Å²) in [7, 11) is 1.60. The largest absolute Gasteiger partial charge is 0.493 e. The van der Waals surface area contributed by atoms with Gasteiger partial charge in [0.05, 0.1) is 19.0 Å². The number of methoxy groups -OCH3 is 1. The number of para-hydroxylation sites is 1. The third-order valence-corrected chi connectivity index (χ3v) is 3.42. The van der Waals surface area contributed by atoms with Gasteiger partial charge in [-0.3, -0.25) is 5.43 Å². The molecule has 0 fully saturated rings. The molecule has 1 aromatic heterocycles. The number of nitrogens with one attached hydrogen (secondary N) is 1. The summed E-state index contributed by atoms with van der Waals surface area (Å²) in [6, 6.07) is 5.63. The van der Waals surface area contributed by atoms with Gasteiger partial charge in [0.15, 0.2) is 11.5 Å². The second kappa shape index (κ2) is 7.44. The summed E-state index contributed by atoms with van der Waals surface area (Å²) in [5.41, 5.74) is 4.68. The predicted octanol–water partition coefficient (Wildman–Crippen LogP) is 3.47. The number of aromatic nitrogens is 1. The van der Waals surface area contributed by atoms with Crippen LogP contribution in [0.1, 0.15) is 11.3 Å². The number of ether oxygens (including phenoxy) is 2. The minimum Gasteiger partial charge on any atom is -0.493 e. The molecular formula is C15H17N3O2S. The summed E-state index contributed by atoms with van der Waals surface area (Å²) in [4.78, 5) is 4.27.